The first kappa shape index (κ1) is 20.9. The summed E-state index contributed by atoms with van der Waals surface area (Å²) in [5, 5.41) is 0. The van der Waals surface area contributed by atoms with E-state index in [1.165, 1.54) is 9.47 Å². The van der Waals surface area contributed by atoms with Gasteiger partial charge in [0.1, 0.15) is 18.2 Å². The van der Waals surface area contributed by atoms with E-state index in [1.54, 1.807) is 13.0 Å². The molecule has 3 N–H and O–H groups in total. The van der Waals surface area contributed by atoms with E-state index < -0.39 is 17.2 Å². The number of anilines is 2. The minimum atomic E-state index is -0.684. The number of nitrogen functional groups attached to an aromatic ring is 1. The normalized spacial score (nSPS) is 12.7. The van der Waals surface area contributed by atoms with Crippen molar-refractivity contribution in [3.8, 4) is 5.75 Å². The minimum Gasteiger partial charge on any atom is -0.488 e. The van der Waals surface area contributed by atoms with Gasteiger partial charge in [-0.2, -0.15) is 0 Å². The molecule has 0 radical (unpaired) electrons. The maximum atomic E-state index is 13.2. The molecule has 0 saturated carbocycles. The second kappa shape index (κ2) is 8.69. The fraction of sp³-hybridized carbons (Fsp3) is 0.350. The van der Waals surface area contributed by atoms with Crippen molar-refractivity contribution < 1.29 is 9.53 Å². The second-order valence-electron chi connectivity index (χ2n) is 6.69. The number of carbonyl (C=O) groups excluding carboxylic acids is 1. The van der Waals surface area contributed by atoms with E-state index in [0.29, 0.717) is 17.9 Å². The highest BCUT2D eigenvalue weighted by Gasteiger charge is 2.27. The Hall–Kier alpha value is -2.81. The highest BCUT2D eigenvalue weighted by atomic mass is 79.9. The van der Waals surface area contributed by atoms with Crippen molar-refractivity contribution in [2.45, 2.75) is 33.2 Å². The quantitative estimate of drug-likeness (QED) is 0.684. The highest BCUT2D eigenvalue weighted by molar-refractivity contribution is 9.10. The van der Waals surface area contributed by atoms with E-state index >= 15 is 0 Å². The smallest absolute Gasteiger partial charge is 0.330 e. The van der Waals surface area contributed by atoms with Gasteiger partial charge in [0, 0.05) is 23.1 Å². The van der Waals surface area contributed by atoms with E-state index in [4.69, 9.17) is 10.5 Å². The number of benzene rings is 1. The van der Waals surface area contributed by atoms with Crippen LogP contribution in [0.4, 0.5) is 11.5 Å². The van der Waals surface area contributed by atoms with Crippen LogP contribution in [-0.4, -0.2) is 28.6 Å². The number of hydrogen-bond acceptors (Lipinski definition) is 5. The summed E-state index contributed by atoms with van der Waals surface area (Å²) in [6.07, 6.45) is 3.32. The van der Waals surface area contributed by atoms with E-state index in [1.807, 2.05) is 25.1 Å². The standard InChI is InChI=1S/C20H23BrN4O4/c1-3-5-8-25-17(22)16(18(26)23-20(25)28)24(4-2)19(27)13-9-12-10-14(21)6-7-15(12)29-11-13/h6-7,9-10H,3-5,8,11,22H2,1-2H3,(H,23,26,28). The zero-order valence-electron chi connectivity index (χ0n) is 16.3. The van der Waals surface area contributed by atoms with Crippen LogP contribution in [0, 0.1) is 0 Å². The van der Waals surface area contributed by atoms with Crippen LogP contribution in [0.1, 0.15) is 32.3 Å². The first-order valence-electron chi connectivity index (χ1n) is 9.44. The molecule has 1 aliphatic rings. The number of fused-ring (bicyclic) bond motifs is 1. The van der Waals surface area contributed by atoms with Crippen molar-refractivity contribution in [1.82, 2.24) is 9.55 Å². The van der Waals surface area contributed by atoms with Gasteiger partial charge in [-0.1, -0.05) is 29.3 Å². The predicted molar refractivity (Wildman–Crippen MR) is 116 cm³/mol. The highest BCUT2D eigenvalue weighted by Crippen LogP contribution is 2.30. The van der Waals surface area contributed by atoms with Crippen molar-refractivity contribution in [3.63, 3.8) is 0 Å². The van der Waals surface area contributed by atoms with E-state index in [2.05, 4.69) is 20.9 Å². The summed E-state index contributed by atoms with van der Waals surface area (Å²) in [5.41, 5.74) is 6.03. The average Bonchev–Trinajstić information content (AvgIpc) is 2.69. The Bertz CT molecular complexity index is 1090. The van der Waals surface area contributed by atoms with E-state index in [9.17, 15) is 14.4 Å². The number of aromatic nitrogens is 2. The van der Waals surface area contributed by atoms with Crippen LogP contribution in [0.3, 0.4) is 0 Å². The summed E-state index contributed by atoms with van der Waals surface area (Å²) in [6, 6.07) is 5.53. The summed E-state index contributed by atoms with van der Waals surface area (Å²) in [7, 11) is 0. The van der Waals surface area contributed by atoms with Crippen molar-refractivity contribution in [2.75, 3.05) is 23.8 Å². The van der Waals surface area contributed by atoms with Crippen LogP contribution < -0.4 is 26.6 Å². The third-order valence-corrected chi connectivity index (χ3v) is 5.23. The lowest BCUT2D eigenvalue weighted by Gasteiger charge is -2.26. The fourth-order valence-electron chi connectivity index (χ4n) is 3.22. The Morgan fingerprint density at radius 3 is 2.79 bits per heavy atom. The number of likely N-dealkylation sites (N-methyl/N-ethyl adjacent to an activating group) is 1. The summed E-state index contributed by atoms with van der Waals surface area (Å²) < 4.78 is 7.85. The van der Waals surface area contributed by atoms with Crippen molar-refractivity contribution in [2.24, 2.45) is 0 Å². The molecular weight excluding hydrogens is 440 g/mol. The number of nitrogens with two attached hydrogens (primary N) is 1. The lowest BCUT2D eigenvalue weighted by Crippen LogP contribution is -2.42. The molecule has 9 heteroatoms. The number of unbranched alkanes of at least 4 members (excludes halogenated alkanes) is 1. The number of amides is 1. The zero-order chi connectivity index (χ0) is 21.1. The van der Waals surface area contributed by atoms with Crippen molar-refractivity contribution >= 4 is 39.4 Å². The van der Waals surface area contributed by atoms with Gasteiger partial charge >= 0.3 is 5.69 Å². The van der Waals surface area contributed by atoms with Gasteiger partial charge < -0.3 is 15.4 Å². The molecule has 0 aliphatic carbocycles. The van der Waals surface area contributed by atoms with Crippen LogP contribution in [0.5, 0.6) is 5.75 Å². The molecule has 0 unspecified atom stereocenters. The maximum Gasteiger partial charge on any atom is 0.330 e. The Morgan fingerprint density at radius 1 is 1.34 bits per heavy atom. The van der Waals surface area contributed by atoms with Gasteiger partial charge in [-0.25, -0.2) is 4.79 Å². The number of carbonyl (C=O) groups is 1. The molecular formula is C20H23BrN4O4. The lowest BCUT2D eigenvalue weighted by atomic mass is 10.1. The number of ether oxygens (including phenoxy) is 1. The topological polar surface area (TPSA) is 110 Å². The molecule has 1 aromatic carbocycles. The van der Waals surface area contributed by atoms with E-state index in [-0.39, 0.29) is 24.7 Å². The zero-order valence-corrected chi connectivity index (χ0v) is 17.9. The number of hydrogen-bond donors (Lipinski definition) is 2. The Morgan fingerprint density at radius 2 is 2.10 bits per heavy atom. The first-order chi connectivity index (χ1) is 13.9. The van der Waals surface area contributed by atoms with Crippen molar-refractivity contribution in [3.05, 3.63) is 54.6 Å². The predicted octanol–water partition coefficient (Wildman–Crippen LogP) is 2.51. The molecule has 1 aromatic heterocycles. The van der Waals surface area contributed by atoms with Gasteiger partial charge in [0.2, 0.25) is 0 Å². The lowest BCUT2D eigenvalue weighted by molar-refractivity contribution is -0.115. The fourth-order valence-corrected chi connectivity index (χ4v) is 3.60. The van der Waals surface area contributed by atoms with Gasteiger partial charge in [-0.05, 0) is 37.6 Å². The number of nitrogens with zero attached hydrogens (tertiary/aromatic N) is 2. The third-order valence-electron chi connectivity index (χ3n) is 4.74. The number of aromatic amines is 1. The van der Waals surface area contributed by atoms with Gasteiger partial charge in [-0.15, -0.1) is 0 Å². The van der Waals surface area contributed by atoms with Crippen LogP contribution in [0.25, 0.3) is 6.08 Å². The monoisotopic (exact) mass is 462 g/mol. The summed E-state index contributed by atoms with van der Waals surface area (Å²) in [4.78, 5) is 41.4. The second-order valence-corrected chi connectivity index (χ2v) is 7.60. The molecule has 0 atom stereocenters. The van der Waals surface area contributed by atoms with Gasteiger partial charge in [0.25, 0.3) is 11.5 Å². The first-order valence-corrected chi connectivity index (χ1v) is 10.2. The molecule has 0 fully saturated rings. The number of halogens is 1. The van der Waals surface area contributed by atoms with Crippen LogP contribution in [0.15, 0.2) is 37.8 Å². The Labute approximate surface area is 176 Å². The molecule has 29 heavy (non-hydrogen) atoms. The molecule has 1 aliphatic heterocycles. The Kier molecular flexibility index (Phi) is 6.26. The number of rotatable bonds is 6. The molecule has 154 valence electrons. The van der Waals surface area contributed by atoms with Gasteiger partial charge in [-0.3, -0.25) is 19.1 Å². The van der Waals surface area contributed by atoms with E-state index in [0.717, 1.165) is 22.9 Å². The Balaban J connectivity index is 2.03. The molecule has 0 bridgehead atoms. The SMILES string of the molecule is CCCCn1c(N)c(N(CC)C(=O)C2=Cc3cc(Br)ccc3OC2)c(=O)[nH]c1=O. The van der Waals surface area contributed by atoms with Gasteiger partial charge in [0.15, 0.2) is 5.69 Å². The summed E-state index contributed by atoms with van der Waals surface area (Å²) in [6.45, 7) is 4.39. The van der Waals surface area contributed by atoms with Crippen molar-refractivity contribution in [1.29, 1.82) is 0 Å². The van der Waals surface area contributed by atoms with Crippen LogP contribution >= 0.6 is 15.9 Å². The minimum absolute atomic E-state index is 0.0112. The molecule has 1 amide bonds. The third kappa shape index (κ3) is 4.14. The number of nitrogens with one attached hydrogen (secondary N) is 1. The molecule has 0 saturated heterocycles. The average molecular weight is 463 g/mol. The van der Waals surface area contributed by atoms with Crippen LogP contribution in [-0.2, 0) is 11.3 Å². The molecule has 2 heterocycles. The molecule has 3 rings (SSSR count). The summed E-state index contributed by atoms with van der Waals surface area (Å²) in [5.74, 6) is 0.275. The summed E-state index contributed by atoms with van der Waals surface area (Å²) >= 11 is 3.41. The molecule has 8 nitrogen and oxygen atoms in total. The van der Waals surface area contributed by atoms with Crippen LogP contribution in [0.2, 0.25) is 0 Å². The number of H-pyrrole nitrogens is 1. The largest absolute Gasteiger partial charge is 0.488 e. The molecule has 0 spiro atoms. The maximum absolute atomic E-state index is 13.2. The van der Waals surface area contributed by atoms with Gasteiger partial charge in [0.05, 0.1) is 5.57 Å². The molecule has 2 aromatic rings.